The number of likely N-dealkylation sites (tertiary alicyclic amines) is 1. The van der Waals surface area contributed by atoms with Crippen LogP contribution in [0.25, 0.3) is 5.65 Å². The third-order valence-corrected chi connectivity index (χ3v) is 4.67. The molecule has 0 bridgehead atoms. The largest absolute Gasteiger partial charge is 0.382 e. The number of nitrogens with zero attached hydrogens (tertiary/aromatic N) is 3. The highest BCUT2D eigenvalue weighted by Crippen LogP contribution is 2.34. The van der Waals surface area contributed by atoms with Gasteiger partial charge in [-0.2, -0.15) is 0 Å². The maximum Gasteiger partial charge on any atom is 0.274 e. The molecular weight excluding hydrogens is 308 g/mol. The van der Waals surface area contributed by atoms with Gasteiger partial charge in [-0.3, -0.25) is 9.59 Å². The second-order valence-electron chi connectivity index (χ2n) is 6.38. The van der Waals surface area contributed by atoms with E-state index in [1.54, 1.807) is 18.2 Å². The molecule has 0 radical (unpaired) electrons. The first-order chi connectivity index (χ1) is 11.5. The molecule has 1 fully saturated rings. The van der Waals surface area contributed by atoms with E-state index in [1.165, 1.54) is 0 Å². The van der Waals surface area contributed by atoms with E-state index < -0.39 is 11.4 Å². The van der Waals surface area contributed by atoms with Crippen molar-refractivity contribution in [3.8, 4) is 0 Å². The number of ether oxygens (including phenoxy) is 1. The summed E-state index contributed by atoms with van der Waals surface area (Å²) in [4.78, 5) is 30.7. The van der Waals surface area contributed by atoms with Crippen LogP contribution in [-0.2, 0) is 9.53 Å². The normalized spacial score (nSPS) is 20.7. The van der Waals surface area contributed by atoms with Crippen LogP contribution in [0.4, 0.5) is 0 Å². The van der Waals surface area contributed by atoms with Crippen molar-refractivity contribution >= 4 is 17.5 Å². The van der Waals surface area contributed by atoms with E-state index in [0.717, 1.165) is 17.8 Å². The highest BCUT2D eigenvalue weighted by molar-refractivity contribution is 5.94. The van der Waals surface area contributed by atoms with Crippen LogP contribution >= 0.6 is 0 Å². The molecule has 0 aliphatic carbocycles. The van der Waals surface area contributed by atoms with Crippen LogP contribution in [0.1, 0.15) is 35.4 Å². The monoisotopic (exact) mass is 330 g/mol. The van der Waals surface area contributed by atoms with Crippen molar-refractivity contribution in [3.63, 3.8) is 0 Å². The lowest BCUT2D eigenvalue weighted by Gasteiger charge is -2.36. The van der Waals surface area contributed by atoms with Gasteiger partial charge in [0, 0.05) is 25.5 Å². The first-order valence-electron chi connectivity index (χ1n) is 8.01. The molecule has 2 aromatic rings. The predicted octanol–water partition coefficient (Wildman–Crippen LogP) is 1.14. The Labute approximate surface area is 140 Å². The lowest BCUT2D eigenvalue weighted by molar-refractivity contribution is -0.121. The molecule has 7 heteroatoms. The molecule has 1 aliphatic heterocycles. The fourth-order valence-corrected chi connectivity index (χ4v) is 3.62. The number of carbonyl (C=O) groups excluding carboxylic acids is 2. The summed E-state index contributed by atoms with van der Waals surface area (Å²) >= 11 is 0. The van der Waals surface area contributed by atoms with Gasteiger partial charge in [-0.05, 0) is 31.9 Å². The van der Waals surface area contributed by atoms with E-state index in [1.807, 2.05) is 29.5 Å². The van der Waals surface area contributed by atoms with E-state index in [0.29, 0.717) is 18.7 Å². The van der Waals surface area contributed by atoms with Gasteiger partial charge in [0.1, 0.15) is 11.3 Å². The Hall–Kier alpha value is -2.41. The minimum absolute atomic E-state index is 0.0962. The van der Waals surface area contributed by atoms with Crippen LogP contribution < -0.4 is 5.73 Å². The van der Waals surface area contributed by atoms with Crippen molar-refractivity contribution in [3.05, 3.63) is 35.8 Å². The average Bonchev–Trinajstić information content (AvgIpc) is 3.11. The number of imidazole rings is 1. The Kier molecular flexibility index (Phi) is 4.28. The number of hydrogen-bond acceptors (Lipinski definition) is 4. The number of fused-ring (bicyclic) bond motifs is 1. The maximum absolute atomic E-state index is 13.0. The molecule has 3 heterocycles. The topological polar surface area (TPSA) is 89.9 Å². The van der Waals surface area contributed by atoms with E-state index in [2.05, 4.69) is 4.98 Å². The molecule has 1 aliphatic rings. The summed E-state index contributed by atoms with van der Waals surface area (Å²) in [6.45, 7) is 2.82. The number of aromatic nitrogens is 2. The molecule has 0 unspecified atom stereocenters. The Morgan fingerprint density at radius 3 is 2.88 bits per heavy atom. The Balaban J connectivity index is 1.96. The summed E-state index contributed by atoms with van der Waals surface area (Å²) in [5.41, 5.74) is 6.84. The molecule has 1 atom stereocenters. The highest BCUT2D eigenvalue weighted by Gasteiger charge is 2.45. The second kappa shape index (κ2) is 6.24. The zero-order chi connectivity index (χ0) is 17.3. The van der Waals surface area contributed by atoms with Gasteiger partial charge in [0.15, 0.2) is 0 Å². The number of methoxy groups -OCH3 is 1. The van der Waals surface area contributed by atoms with Gasteiger partial charge in [0.05, 0.1) is 18.6 Å². The van der Waals surface area contributed by atoms with E-state index >= 15 is 0 Å². The van der Waals surface area contributed by atoms with Crippen LogP contribution in [0.15, 0.2) is 24.4 Å². The van der Waals surface area contributed by atoms with Crippen LogP contribution in [0.3, 0.4) is 0 Å². The van der Waals surface area contributed by atoms with Gasteiger partial charge < -0.3 is 19.8 Å². The molecule has 7 nitrogen and oxygen atoms in total. The predicted molar refractivity (Wildman–Crippen MR) is 88.6 cm³/mol. The SMILES string of the molecule is COC[C@]1(CC(N)=O)CCCN1C(=O)c1cn2c(C)cccc2n1. The number of nitrogens with two attached hydrogens (primary N) is 1. The first kappa shape index (κ1) is 16.4. The van der Waals surface area contributed by atoms with Crippen molar-refractivity contribution in [2.45, 2.75) is 31.7 Å². The van der Waals surface area contributed by atoms with Crippen LogP contribution in [-0.4, -0.2) is 51.9 Å². The van der Waals surface area contributed by atoms with Crippen LogP contribution in [0.2, 0.25) is 0 Å². The molecule has 0 saturated carbocycles. The Morgan fingerprint density at radius 1 is 1.42 bits per heavy atom. The van der Waals surface area contributed by atoms with E-state index in [4.69, 9.17) is 10.5 Å². The number of pyridine rings is 1. The highest BCUT2D eigenvalue weighted by atomic mass is 16.5. The Morgan fingerprint density at radius 2 is 2.21 bits per heavy atom. The first-order valence-corrected chi connectivity index (χ1v) is 8.01. The second-order valence-corrected chi connectivity index (χ2v) is 6.38. The molecule has 1 saturated heterocycles. The maximum atomic E-state index is 13.0. The number of rotatable bonds is 5. The smallest absolute Gasteiger partial charge is 0.274 e. The fraction of sp³-hybridized carbons (Fsp3) is 0.471. The van der Waals surface area contributed by atoms with Crippen molar-refractivity contribution in [1.29, 1.82) is 0 Å². The summed E-state index contributed by atoms with van der Waals surface area (Å²) < 4.78 is 7.18. The molecule has 0 aromatic carbocycles. The van der Waals surface area contributed by atoms with Gasteiger partial charge in [-0.25, -0.2) is 4.98 Å². The molecular formula is C17H22N4O3. The molecule has 128 valence electrons. The molecule has 2 N–H and O–H groups in total. The van der Waals surface area contributed by atoms with E-state index in [-0.39, 0.29) is 18.9 Å². The minimum Gasteiger partial charge on any atom is -0.382 e. The minimum atomic E-state index is -0.678. The number of carbonyl (C=O) groups is 2. The zero-order valence-electron chi connectivity index (χ0n) is 14.0. The van der Waals surface area contributed by atoms with Crippen molar-refractivity contribution in [1.82, 2.24) is 14.3 Å². The molecule has 0 spiro atoms. The molecule has 2 aromatic heterocycles. The van der Waals surface area contributed by atoms with Gasteiger partial charge in [-0.1, -0.05) is 6.07 Å². The third kappa shape index (κ3) is 2.75. The van der Waals surface area contributed by atoms with Crippen molar-refractivity contribution in [2.24, 2.45) is 5.73 Å². The van der Waals surface area contributed by atoms with Crippen molar-refractivity contribution < 1.29 is 14.3 Å². The quantitative estimate of drug-likeness (QED) is 0.890. The van der Waals surface area contributed by atoms with Crippen molar-refractivity contribution in [2.75, 3.05) is 20.3 Å². The summed E-state index contributed by atoms with van der Waals surface area (Å²) in [6, 6.07) is 5.73. The molecule has 3 rings (SSSR count). The number of amides is 2. The Bertz CT molecular complexity index is 785. The zero-order valence-corrected chi connectivity index (χ0v) is 14.0. The van der Waals surface area contributed by atoms with E-state index in [9.17, 15) is 9.59 Å². The standard InChI is InChI=1S/C17H22N4O3/c1-12-5-3-6-15-19-13(10-20(12)15)16(23)21-8-4-7-17(21,11-24-2)9-14(18)22/h3,5-6,10H,4,7-9,11H2,1-2H3,(H2,18,22)/t17-/m1/s1. The molecule has 2 amide bonds. The summed E-state index contributed by atoms with van der Waals surface area (Å²) in [7, 11) is 1.57. The average molecular weight is 330 g/mol. The fourth-order valence-electron chi connectivity index (χ4n) is 3.62. The van der Waals surface area contributed by atoms with Gasteiger partial charge in [0.25, 0.3) is 5.91 Å². The van der Waals surface area contributed by atoms with Gasteiger partial charge in [0.2, 0.25) is 5.91 Å². The lowest BCUT2D eigenvalue weighted by atomic mass is 9.92. The lowest BCUT2D eigenvalue weighted by Crippen LogP contribution is -2.52. The summed E-state index contributed by atoms with van der Waals surface area (Å²) in [5.74, 6) is -0.619. The number of hydrogen-bond donors (Lipinski definition) is 1. The number of aryl methyl sites for hydroxylation is 1. The summed E-state index contributed by atoms with van der Waals surface area (Å²) in [6.07, 6.45) is 3.35. The summed E-state index contributed by atoms with van der Waals surface area (Å²) in [5, 5.41) is 0. The third-order valence-electron chi connectivity index (χ3n) is 4.67. The molecule has 24 heavy (non-hydrogen) atoms. The van der Waals surface area contributed by atoms with Crippen LogP contribution in [0.5, 0.6) is 0 Å². The van der Waals surface area contributed by atoms with Crippen LogP contribution in [0, 0.1) is 6.92 Å². The van der Waals surface area contributed by atoms with Gasteiger partial charge in [-0.15, -0.1) is 0 Å². The number of primary amides is 1. The van der Waals surface area contributed by atoms with Gasteiger partial charge >= 0.3 is 0 Å².